The number of hydrogen-bond acceptors (Lipinski definition) is 7. The van der Waals surface area contributed by atoms with Crippen molar-refractivity contribution in [1.82, 2.24) is 0 Å². The highest BCUT2D eigenvalue weighted by Gasteiger charge is 2.26. The number of anilines is 2. The molecule has 4 N–H and O–H groups in total. The van der Waals surface area contributed by atoms with Crippen LogP contribution in [-0.2, 0) is 14.4 Å². The third-order valence-corrected chi connectivity index (χ3v) is 5.37. The lowest BCUT2D eigenvalue weighted by Gasteiger charge is -2.21. The van der Waals surface area contributed by atoms with Crippen molar-refractivity contribution in [1.29, 1.82) is 0 Å². The molecule has 0 aromatic heterocycles. The first-order valence-electron chi connectivity index (χ1n) is 10.2. The molecule has 0 atom stereocenters. The summed E-state index contributed by atoms with van der Waals surface area (Å²) < 4.78 is 0. The van der Waals surface area contributed by atoms with E-state index in [0.29, 0.717) is 0 Å². The minimum absolute atomic E-state index is 0.0343. The number of phenolic OH excluding ortho intramolecular Hbond substituents is 1. The van der Waals surface area contributed by atoms with Crippen LogP contribution in [0.5, 0.6) is 5.75 Å². The molecule has 186 valence electrons. The Morgan fingerprint density at radius 3 is 2.09 bits per heavy atom. The van der Waals surface area contributed by atoms with Crippen molar-refractivity contribution in [2.75, 3.05) is 10.6 Å². The van der Waals surface area contributed by atoms with Gasteiger partial charge in [-0.15, -0.1) is 10.2 Å². The number of benzene rings is 2. The molecule has 0 aliphatic rings. The summed E-state index contributed by atoms with van der Waals surface area (Å²) in [5.74, 6) is -3.02. The van der Waals surface area contributed by atoms with Gasteiger partial charge in [0.1, 0.15) is 17.1 Å². The molecule has 0 aliphatic carbocycles. The van der Waals surface area contributed by atoms with Crippen LogP contribution in [0, 0.1) is 5.41 Å². The summed E-state index contributed by atoms with van der Waals surface area (Å²) >= 11 is 18.0. The zero-order chi connectivity index (χ0) is 26.5. The third-order valence-electron chi connectivity index (χ3n) is 4.47. The van der Waals surface area contributed by atoms with Crippen LogP contribution < -0.4 is 10.6 Å². The van der Waals surface area contributed by atoms with Crippen molar-refractivity contribution in [3.05, 3.63) is 56.9 Å². The van der Waals surface area contributed by atoms with Gasteiger partial charge < -0.3 is 20.8 Å². The fourth-order valence-electron chi connectivity index (χ4n) is 2.55. The highest BCUT2D eigenvalue weighted by Crippen LogP contribution is 2.36. The number of allylic oxidation sites excluding steroid dienone is 1. The van der Waals surface area contributed by atoms with E-state index in [0.717, 1.165) is 0 Å². The average molecular weight is 542 g/mol. The number of carbonyl (C=O) groups excluding carboxylic acids is 3. The number of aliphatic hydroxyl groups excluding tert-OH is 1. The number of phenols is 1. The first kappa shape index (κ1) is 28.1. The van der Waals surface area contributed by atoms with Gasteiger partial charge in [0.2, 0.25) is 5.78 Å². The van der Waals surface area contributed by atoms with Gasteiger partial charge >= 0.3 is 5.91 Å². The van der Waals surface area contributed by atoms with Gasteiger partial charge in [-0.1, -0.05) is 62.5 Å². The molecular weight excluding hydrogens is 519 g/mol. The molecular formula is C23H23Cl3N4O5. The van der Waals surface area contributed by atoms with Gasteiger partial charge in [-0.2, -0.15) is 0 Å². The van der Waals surface area contributed by atoms with E-state index in [1.807, 2.05) is 0 Å². The number of nitrogens with one attached hydrogen (secondary N) is 2. The molecule has 0 unspecified atom stereocenters. The van der Waals surface area contributed by atoms with E-state index in [9.17, 15) is 24.6 Å². The Bertz CT molecular complexity index is 1210. The zero-order valence-corrected chi connectivity index (χ0v) is 21.5. The summed E-state index contributed by atoms with van der Waals surface area (Å²) in [5, 5.41) is 33.1. The maximum absolute atomic E-state index is 12.9. The topological polar surface area (TPSA) is 140 Å². The van der Waals surface area contributed by atoms with Gasteiger partial charge in [-0.3, -0.25) is 14.4 Å². The summed E-state index contributed by atoms with van der Waals surface area (Å²) in [6.45, 7) is 6.57. The molecule has 12 heteroatoms. The van der Waals surface area contributed by atoms with E-state index in [1.165, 1.54) is 30.3 Å². The molecule has 0 radical (unpaired) electrons. The number of halogens is 3. The second kappa shape index (κ2) is 11.5. The fraction of sp³-hybridized carbons (Fsp3) is 0.261. The minimum atomic E-state index is -0.954. The molecule has 2 amide bonds. The molecule has 0 spiro atoms. The Morgan fingerprint density at radius 1 is 0.943 bits per heavy atom. The molecule has 0 bridgehead atoms. The van der Waals surface area contributed by atoms with E-state index in [4.69, 9.17) is 34.8 Å². The van der Waals surface area contributed by atoms with Gasteiger partial charge in [0.15, 0.2) is 5.75 Å². The van der Waals surface area contributed by atoms with Gasteiger partial charge in [-0.25, -0.2) is 0 Å². The molecule has 2 rings (SSSR count). The van der Waals surface area contributed by atoms with Gasteiger partial charge in [0.05, 0.1) is 15.1 Å². The van der Waals surface area contributed by atoms with Crippen LogP contribution in [0.2, 0.25) is 15.1 Å². The monoisotopic (exact) mass is 540 g/mol. The predicted molar refractivity (Wildman–Crippen MR) is 136 cm³/mol. The first-order chi connectivity index (χ1) is 16.2. The van der Waals surface area contributed by atoms with Crippen LogP contribution in [0.25, 0.3) is 0 Å². The highest BCUT2D eigenvalue weighted by molar-refractivity contribution is 6.40. The molecule has 2 aromatic rings. The van der Waals surface area contributed by atoms with Crippen LogP contribution in [0.3, 0.4) is 0 Å². The maximum Gasteiger partial charge on any atom is 0.315 e. The largest absolute Gasteiger partial charge is 0.509 e. The average Bonchev–Trinajstić information content (AvgIpc) is 2.79. The summed E-state index contributed by atoms with van der Waals surface area (Å²) in [7, 11) is 0. The van der Waals surface area contributed by atoms with E-state index in [2.05, 4.69) is 20.9 Å². The van der Waals surface area contributed by atoms with Crippen molar-refractivity contribution >= 4 is 69.5 Å². The van der Waals surface area contributed by atoms with E-state index < -0.39 is 23.0 Å². The Balaban J connectivity index is 2.40. The lowest BCUT2D eigenvalue weighted by atomic mass is 9.92. The SMILES string of the molecule is CCC(=O)C(=O)Nc1ccc(Cl)c(N=NC(=O)C(Nc2cc(Cl)c(O)c(Cl)c2)=C(O)C(C)(C)C)c1. The minimum Gasteiger partial charge on any atom is -0.509 e. The maximum atomic E-state index is 12.9. The number of azo groups is 1. The fourth-order valence-corrected chi connectivity index (χ4v) is 3.19. The van der Waals surface area contributed by atoms with Gasteiger partial charge in [-0.05, 0) is 30.3 Å². The number of ketones is 1. The van der Waals surface area contributed by atoms with Crippen LogP contribution in [0.1, 0.15) is 34.1 Å². The number of nitrogens with zero attached hydrogens (tertiary/aromatic N) is 2. The number of aliphatic hydroxyl groups is 1. The molecule has 35 heavy (non-hydrogen) atoms. The standard InChI is InChI=1S/C23H23Cl3N4O5/c1-5-17(31)21(34)28-11-6-7-13(24)16(10-11)29-30-22(35)18(20(33)23(2,3)4)27-12-8-14(25)19(32)15(26)9-12/h6-10,27,32-33H,5H2,1-4H3,(H,28,34). The summed E-state index contributed by atoms with van der Waals surface area (Å²) in [5.41, 5.74) is -0.704. The van der Waals surface area contributed by atoms with Crippen molar-refractivity contribution in [2.24, 2.45) is 15.6 Å². The van der Waals surface area contributed by atoms with Crippen LogP contribution in [0.15, 0.2) is 52.0 Å². The van der Waals surface area contributed by atoms with Crippen LogP contribution in [0.4, 0.5) is 17.1 Å². The van der Waals surface area contributed by atoms with E-state index >= 15 is 0 Å². The Labute approximate surface area is 216 Å². The molecule has 2 aromatic carbocycles. The number of Topliss-reactive ketones (excluding diaryl/α,β-unsaturated/α-hetero) is 1. The Kier molecular flexibility index (Phi) is 9.25. The van der Waals surface area contributed by atoms with Crippen molar-refractivity contribution < 1.29 is 24.6 Å². The lowest BCUT2D eigenvalue weighted by molar-refractivity contribution is -0.134. The summed E-state index contributed by atoms with van der Waals surface area (Å²) in [4.78, 5) is 36.3. The normalized spacial score (nSPS) is 12.3. The number of aromatic hydroxyl groups is 1. The Morgan fingerprint density at radius 2 is 1.54 bits per heavy atom. The summed E-state index contributed by atoms with van der Waals surface area (Å²) in [6, 6.07) is 6.82. The quantitative estimate of drug-likeness (QED) is 0.0998. The van der Waals surface area contributed by atoms with E-state index in [-0.39, 0.29) is 55.8 Å². The molecule has 9 nitrogen and oxygen atoms in total. The number of carbonyl (C=O) groups is 3. The molecule has 0 aliphatic heterocycles. The third kappa shape index (κ3) is 7.42. The van der Waals surface area contributed by atoms with Crippen molar-refractivity contribution in [3.63, 3.8) is 0 Å². The number of rotatable bonds is 7. The second-order valence-corrected chi connectivity index (χ2v) is 9.51. The molecule has 0 saturated carbocycles. The van der Waals surface area contributed by atoms with Gasteiger partial charge in [0.25, 0.3) is 5.91 Å². The molecule has 0 saturated heterocycles. The second-order valence-electron chi connectivity index (χ2n) is 8.29. The smallest absolute Gasteiger partial charge is 0.315 e. The zero-order valence-electron chi connectivity index (χ0n) is 19.2. The first-order valence-corrected chi connectivity index (χ1v) is 11.4. The summed E-state index contributed by atoms with van der Waals surface area (Å²) in [6.07, 6.45) is 0.0390. The van der Waals surface area contributed by atoms with E-state index in [1.54, 1.807) is 27.7 Å². The number of hydrogen-bond donors (Lipinski definition) is 4. The van der Waals surface area contributed by atoms with Gasteiger partial charge in [0, 0.05) is 23.2 Å². The van der Waals surface area contributed by atoms with Crippen LogP contribution >= 0.6 is 34.8 Å². The van der Waals surface area contributed by atoms with Crippen molar-refractivity contribution in [3.8, 4) is 5.75 Å². The molecule has 0 heterocycles. The highest BCUT2D eigenvalue weighted by atomic mass is 35.5. The predicted octanol–water partition coefficient (Wildman–Crippen LogP) is 6.81. The molecule has 0 fully saturated rings. The Hall–Kier alpha value is -3.14. The number of amides is 2. The van der Waals surface area contributed by atoms with Crippen molar-refractivity contribution in [2.45, 2.75) is 34.1 Å². The lowest BCUT2D eigenvalue weighted by Crippen LogP contribution is -2.21. The van der Waals surface area contributed by atoms with Crippen LogP contribution in [-0.4, -0.2) is 27.8 Å².